The highest BCUT2D eigenvalue weighted by molar-refractivity contribution is 5.85. The molecule has 5 nitrogen and oxygen atoms in total. The molecule has 1 amide bonds. The van der Waals surface area contributed by atoms with Crippen molar-refractivity contribution in [3.63, 3.8) is 0 Å². The van der Waals surface area contributed by atoms with Crippen molar-refractivity contribution in [2.75, 3.05) is 52.5 Å². The molecule has 2 rings (SSSR count). The zero-order valence-electron chi connectivity index (χ0n) is 11.9. The van der Waals surface area contributed by atoms with E-state index in [4.69, 9.17) is 4.74 Å². The Balaban J connectivity index is 0.00000180. The van der Waals surface area contributed by atoms with Crippen molar-refractivity contribution in [3.8, 4) is 0 Å². The van der Waals surface area contributed by atoms with Gasteiger partial charge < -0.3 is 15.4 Å². The molecule has 0 aromatic heterocycles. The van der Waals surface area contributed by atoms with Gasteiger partial charge in [0, 0.05) is 19.6 Å². The Morgan fingerprint density at radius 2 is 1.90 bits per heavy atom. The van der Waals surface area contributed by atoms with Gasteiger partial charge in [-0.1, -0.05) is 0 Å². The summed E-state index contributed by atoms with van der Waals surface area (Å²) >= 11 is 0. The van der Waals surface area contributed by atoms with Gasteiger partial charge >= 0.3 is 0 Å². The number of halogens is 2. The number of nitrogens with one attached hydrogen (secondary N) is 2. The van der Waals surface area contributed by atoms with Crippen LogP contribution in [0.25, 0.3) is 0 Å². The van der Waals surface area contributed by atoms with Crippen LogP contribution in [-0.2, 0) is 9.53 Å². The first-order chi connectivity index (χ1) is 8.84. The lowest BCUT2D eigenvalue weighted by Crippen LogP contribution is -2.39. The summed E-state index contributed by atoms with van der Waals surface area (Å²) in [5.74, 6) is 0.955. The van der Waals surface area contributed by atoms with Crippen LogP contribution in [-0.4, -0.2) is 63.3 Å². The minimum Gasteiger partial charge on any atom is -0.379 e. The normalized spacial score (nSPS) is 18.8. The Labute approximate surface area is 134 Å². The molecule has 2 aliphatic rings. The average Bonchev–Trinajstić information content (AvgIpc) is 3.20. The summed E-state index contributed by atoms with van der Waals surface area (Å²) in [7, 11) is 0. The fourth-order valence-corrected chi connectivity index (χ4v) is 2.13. The summed E-state index contributed by atoms with van der Waals surface area (Å²) in [6.45, 7) is 7.04. The SMILES string of the molecule is Cl.Cl.O=C(CNCC1CC1)NCCCN1CCOCC1. The number of morpholine rings is 1. The maximum atomic E-state index is 11.5. The predicted octanol–water partition coefficient (Wildman–Crippen LogP) is 0.668. The lowest BCUT2D eigenvalue weighted by atomic mass is 10.3. The van der Waals surface area contributed by atoms with Crippen LogP contribution in [0.1, 0.15) is 19.3 Å². The van der Waals surface area contributed by atoms with E-state index in [1.165, 1.54) is 12.8 Å². The van der Waals surface area contributed by atoms with Crippen LogP contribution in [0.2, 0.25) is 0 Å². The largest absolute Gasteiger partial charge is 0.379 e. The molecule has 120 valence electrons. The molecule has 2 N–H and O–H groups in total. The monoisotopic (exact) mass is 327 g/mol. The van der Waals surface area contributed by atoms with Crippen LogP contribution in [0.15, 0.2) is 0 Å². The van der Waals surface area contributed by atoms with E-state index in [2.05, 4.69) is 15.5 Å². The molecule has 0 atom stereocenters. The van der Waals surface area contributed by atoms with Gasteiger partial charge in [-0.2, -0.15) is 0 Å². The Morgan fingerprint density at radius 1 is 1.20 bits per heavy atom. The minimum absolute atomic E-state index is 0. The van der Waals surface area contributed by atoms with Gasteiger partial charge in [0.15, 0.2) is 0 Å². The van der Waals surface area contributed by atoms with E-state index in [0.29, 0.717) is 6.54 Å². The molecular weight excluding hydrogens is 301 g/mol. The van der Waals surface area contributed by atoms with Crippen LogP contribution >= 0.6 is 24.8 Å². The Kier molecular flexibility index (Phi) is 11.5. The maximum absolute atomic E-state index is 11.5. The van der Waals surface area contributed by atoms with Crippen LogP contribution in [0.5, 0.6) is 0 Å². The second-order valence-electron chi connectivity index (χ2n) is 5.23. The van der Waals surface area contributed by atoms with Crippen molar-refractivity contribution in [2.24, 2.45) is 5.92 Å². The molecular formula is C13H27Cl2N3O2. The van der Waals surface area contributed by atoms with Gasteiger partial charge in [-0.25, -0.2) is 0 Å². The highest BCUT2D eigenvalue weighted by Gasteiger charge is 2.20. The van der Waals surface area contributed by atoms with Gasteiger partial charge in [-0.3, -0.25) is 9.69 Å². The first kappa shape index (κ1) is 19.9. The van der Waals surface area contributed by atoms with Crippen molar-refractivity contribution >= 4 is 30.7 Å². The molecule has 0 radical (unpaired) electrons. The van der Waals surface area contributed by atoms with Crippen molar-refractivity contribution in [2.45, 2.75) is 19.3 Å². The summed E-state index contributed by atoms with van der Waals surface area (Å²) in [5.41, 5.74) is 0. The zero-order valence-corrected chi connectivity index (χ0v) is 13.6. The van der Waals surface area contributed by atoms with Crippen LogP contribution < -0.4 is 10.6 Å². The summed E-state index contributed by atoms with van der Waals surface area (Å²) in [5, 5.41) is 6.16. The quantitative estimate of drug-likeness (QED) is 0.643. The van der Waals surface area contributed by atoms with Gasteiger partial charge in [0.25, 0.3) is 0 Å². The standard InChI is InChI=1S/C13H25N3O2.2ClH/c17-13(11-14-10-12-2-3-12)15-4-1-5-16-6-8-18-9-7-16;;/h12,14H,1-11H2,(H,15,17);2*1H. The van der Waals surface area contributed by atoms with Gasteiger partial charge in [0.05, 0.1) is 19.8 Å². The Bertz CT molecular complexity index is 260. The second-order valence-corrected chi connectivity index (χ2v) is 5.23. The topological polar surface area (TPSA) is 53.6 Å². The van der Waals surface area contributed by atoms with E-state index in [0.717, 1.165) is 58.3 Å². The highest BCUT2D eigenvalue weighted by atomic mass is 35.5. The van der Waals surface area contributed by atoms with Crippen molar-refractivity contribution in [3.05, 3.63) is 0 Å². The molecule has 0 bridgehead atoms. The van der Waals surface area contributed by atoms with Gasteiger partial charge in [0.1, 0.15) is 0 Å². The third kappa shape index (κ3) is 8.97. The fourth-order valence-electron chi connectivity index (χ4n) is 2.13. The lowest BCUT2D eigenvalue weighted by molar-refractivity contribution is -0.120. The lowest BCUT2D eigenvalue weighted by Gasteiger charge is -2.26. The number of rotatable bonds is 8. The highest BCUT2D eigenvalue weighted by Crippen LogP contribution is 2.27. The van der Waals surface area contributed by atoms with E-state index in [9.17, 15) is 4.79 Å². The molecule has 0 aromatic carbocycles. The Hall–Kier alpha value is -0.0700. The first-order valence-electron chi connectivity index (χ1n) is 7.12. The van der Waals surface area contributed by atoms with E-state index < -0.39 is 0 Å². The van der Waals surface area contributed by atoms with Crippen molar-refractivity contribution in [1.29, 1.82) is 0 Å². The maximum Gasteiger partial charge on any atom is 0.233 e. The number of hydrogen-bond donors (Lipinski definition) is 2. The molecule has 1 saturated heterocycles. The molecule has 1 aliphatic carbocycles. The molecule has 1 aliphatic heterocycles. The number of nitrogens with zero attached hydrogens (tertiary/aromatic N) is 1. The molecule has 20 heavy (non-hydrogen) atoms. The van der Waals surface area contributed by atoms with E-state index >= 15 is 0 Å². The van der Waals surface area contributed by atoms with E-state index in [1.807, 2.05) is 0 Å². The van der Waals surface area contributed by atoms with Gasteiger partial charge in [0.2, 0.25) is 5.91 Å². The third-order valence-electron chi connectivity index (χ3n) is 3.49. The summed E-state index contributed by atoms with van der Waals surface area (Å²) in [6, 6.07) is 0. The number of carbonyl (C=O) groups is 1. The predicted molar refractivity (Wildman–Crippen MR) is 85.0 cm³/mol. The molecule has 0 aromatic rings. The van der Waals surface area contributed by atoms with Gasteiger partial charge in [-0.15, -0.1) is 24.8 Å². The van der Waals surface area contributed by atoms with Crippen molar-refractivity contribution < 1.29 is 9.53 Å². The number of carbonyl (C=O) groups excluding carboxylic acids is 1. The number of amides is 1. The fraction of sp³-hybridized carbons (Fsp3) is 0.923. The van der Waals surface area contributed by atoms with Crippen LogP contribution in [0.3, 0.4) is 0 Å². The Morgan fingerprint density at radius 3 is 2.55 bits per heavy atom. The molecule has 1 saturated carbocycles. The number of ether oxygens (including phenoxy) is 1. The molecule has 7 heteroatoms. The molecule has 1 heterocycles. The molecule has 2 fully saturated rings. The summed E-state index contributed by atoms with van der Waals surface area (Å²) in [6.07, 6.45) is 3.68. The summed E-state index contributed by atoms with van der Waals surface area (Å²) < 4.78 is 5.29. The molecule has 0 unspecified atom stereocenters. The van der Waals surface area contributed by atoms with E-state index in [1.54, 1.807) is 0 Å². The van der Waals surface area contributed by atoms with E-state index in [-0.39, 0.29) is 30.7 Å². The first-order valence-corrected chi connectivity index (χ1v) is 7.12. The molecule has 0 spiro atoms. The number of hydrogen-bond acceptors (Lipinski definition) is 4. The van der Waals surface area contributed by atoms with Crippen LogP contribution in [0.4, 0.5) is 0 Å². The second kappa shape index (κ2) is 11.6. The van der Waals surface area contributed by atoms with Crippen molar-refractivity contribution in [1.82, 2.24) is 15.5 Å². The summed E-state index contributed by atoms with van der Waals surface area (Å²) in [4.78, 5) is 13.9. The smallest absolute Gasteiger partial charge is 0.233 e. The third-order valence-corrected chi connectivity index (χ3v) is 3.49. The zero-order chi connectivity index (χ0) is 12.6. The van der Waals surface area contributed by atoms with Gasteiger partial charge in [-0.05, 0) is 38.3 Å². The average molecular weight is 328 g/mol. The van der Waals surface area contributed by atoms with Crippen LogP contribution in [0, 0.1) is 5.92 Å². The minimum atomic E-state index is 0.